The van der Waals surface area contributed by atoms with Crippen molar-refractivity contribution in [3.05, 3.63) is 42.1 Å². The molecule has 0 atom stereocenters. The van der Waals surface area contributed by atoms with Gasteiger partial charge in [-0.2, -0.15) is 10.2 Å². The number of halogens is 2. The monoisotopic (exact) mass is 390 g/mol. The van der Waals surface area contributed by atoms with Gasteiger partial charge in [-0.05, 0) is 37.7 Å². The molecule has 1 aliphatic carbocycles. The van der Waals surface area contributed by atoms with E-state index in [2.05, 4.69) is 20.5 Å². The highest BCUT2D eigenvalue weighted by Gasteiger charge is 2.27. The zero-order valence-corrected chi connectivity index (χ0v) is 15.0. The highest BCUT2D eigenvalue weighted by molar-refractivity contribution is 6.08. The van der Waals surface area contributed by atoms with E-state index >= 15 is 0 Å². The summed E-state index contributed by atoms with van der Waals surface area (Å²) in [5, 5.41) is 19.9. The minimum atomic E-state index is -2.81. The number of aliphatic hydroxyl groups excluding tert-OH is 1. The standard InChI is InChI=1S/C18H20F2N6O2/c19-16(20)15-14(9-26(24-15)12-4-2-11(10-27)3-5-12)23-18(28)13-8-22-25-7-1-6-21-17(13)25/h1,6-9,11-12,16,27H,2-5,10H2,(H,23,28)/t11-,12-. The van der Waals surface area contributed by atoms with Gasteiger partial charge in [0.2, 0.25) is 0 Å². The summed E-state index contributed by atoms with van der Waals surface area (Å²) in [6.45, 7) is 0.142. The zero-order chi connectivity index (χ0) is 19.7. The number of nitrogens with one attached hydrogen (secondary N) is 1. The zero-order valence-electron chi connectivity index (χ0n) is 15.0. The van der Waals surface area contributed by atoms with Crippen molar-refractivity contribution in [1.82, 2.24) is 24.4 Å². The Labute approximate surface area is 159 Å². The lowest BCUT2D eigenvalue weighted by atomic mass is 9.87. The van der Waals surface area contributed by atoms with E-state index in [1.54, 1.807) is 12.3 Å². The molecule has 10 heteroatoms. The molecule has 3 heterocycles. The molecular formula is C18H20F2N6O2. The number of alkyl halides is 2. The molecule has 0 radical (unpaired) electrons. The van der Waals surface area contributed by atoms with Crippen molar-refractivity contribution < 1.29 is 18.7 Å². The SMILES string of the molecule is O=C(Nc1cn([C@H]2CC[C@H](CO)CC2)nc1C(F)F)c1cnn2cccnc12. The van der Waals surface area contributed by atoms with Crippen molar-refractivity contribution >= 4 is 17.2 Å². The largest absolute Gasteiger partial charge is 0.396 e. The van der Waals surface area contributed by atoms with Crippen LogP contribution in [0.25, 0.3) is 5.65 Å². The Balaban J connectivity index is 1.57. The van der Waals surface area contributed by atoms with Crippen molar-refractivity contribution in [1.29, 1.82) is 0 Å². The van der Waals surface area contributed by atoms with E-state index < -0.39 is 18.0 Å². The van der Waals surface area contributed by atoms with Crippen LogP contribution in [0.3, 0.4) is 0 Å². The Morgan fingerprint density at radius 2 is 2.11 bits per heavy atom. The molecule has 1 aliphatic rings. The normalized spacial score (nSPS) is 20.0. The average molecular weight is 390 g/mol. The molecule has 8 nitrogen and oxygen atoms in total. The summed E-state index contributed by atoms with van der Waals surface area (Å²) in [6, 6.07) is 1.65. The predicted octanol–water partition coefficient (Wildman–Crippen LogP) is 2.84. The summed E-state index contributed by atoms with van der Waals surface area (Å²) in [5.74, 6) is -0.317. The Morgan fingerprint density at radius 3 is 2.82 bits per heavy atom. The van der Waals surface area contributed by atoms with Gasteiger partial charge in [-0.3, -0.25) is 9.48 Å². The number of aliphatic hydroxyl groups is 1. The fourth-order valence-corrected chi connectivity index (χ4v) is 3.62. The van der Waals surface area contributed by atoms with Crippen molar-refractivity contribution in [3.63, 3.8) is 0 Å². The Morgan fingerprint density at radius 1 is 1.32 bits per heavy atom. The number of amides is 1. The molecule has 2 N–H and O–H groups in total. The fraction of sp³-hybridized carbons (Fsp3) is 0.444. The van der Waals surface area contributed by atoms with Crippen molar-refractivity contribution in [2.75, 3.05) is 11.9 Å². The fourth-order valence-electron chi connectivity index (χ4n) is 3.62. The maximum atomic E-state index is 13.5. The lowest BCUT2D eigenvalue weighted by Crippen LogP contribution is -2.20. The maximum absolute atomic E-state index is 13.5. The Bertz CT molecular complexity index is 978. The molecular weight excluding hydrogens is 370 g/mol. The van der Waals surface area contributed by atoms with Crippen LogP contribution in [0.4, 0.5) is 14.5 Å². The average Bonchev–Trinajstić information content (AvgIpc) is 3.32. The summed E-state index contributed by atoms with van der Waals surface area (Å²) < 4.78 is 29.9. The highest BCUT2D eigenvalue weighted by Crippen LogP contribution is 2.34. The van der Waals surface area contributed by atoms with E-state index in [0.29, 0.717) is 5.65 Å². The Hall–Kier alpha value is -2.88. The topological polar surface area (TPSA) is 97.3 Å². The molecule has 1 amide bonds. The molecule has 148 valence electrons. The van der Waals surface area contributed by atoms with E-state index in [0.717, 1.165) is 25.7 Å². The molecule has 0 saturated heterocycles. The van der Waals surface area contributed by atoms with Crippen LogP contribution in [0.2, 0.25) is 0 Å². The number of anilines is 1. The van der Waals surface area contributed by atoms with Gasteiger partial charge in [0.15, 0.2) is 11.3 Å². The first kappa shape index (κ1) is 18.5. The molecule has 1 fully saturated rings. The third-order valence-electron chi connectivity index (χ3n) is 5.19. The van der Waals surface area contributed by atoms with E-state index in [1.807, 2.05) is 0 Å². The van der Waals surface area contributed by atoms with E-state index in [1.165, 1.54) is 27.8 Å². The van der Waals surface area contributed by atoms with Crippen LogP contribution in [0.5, 0.6) is 0 Å². The number of rotatable bonds is 5. The van der Waals surface area contributed by atoms with Gasteiger partial charge >= 0.3 is 0 Å². The maximum Gasteiger partial charge on any atom is 0.284 e. The number of aromatic nitrogens is 5. The van der Waals surface area contributed by atoms with Gasteiger partial charge in [0, 0.05) is 25.2 Å². The molecule has 4 rings (SSSR count). The van der Waals surface area contributed by atoms with Crippen LogP contribution in [-0.4, -0.2) is 42.0 Å². The second kappa shape index (κ2) is 7.63. The van der Waals surface area contributed by atoms with Crippen LogP contribution >= 0.6 is 0 Å². The predicted molar refractivity (Wildman–Crippen MR) is 96.2 cm³/mol. The second-order valence-electron chi connectivity index (χ2n) is 6.97. The van der Waals surface area contributed by atoms with E-state index in [-0.39, 0.29) is 29.8 Å². The first-order valence-electron chi connectivity index (χ1n) is 9.14. The van der Waals surface area contributed by atoms with Crippen LogP contribution < -0.4 is 5.32 Å². The minimum absolute atomic E-state index is 0.0143. The number of hydrogen-bond acceptors (Lipinski definition) is 5. The summed E-state index contributed by atoms with van der Waals surface area (Å²) in [6.07, 6.45) is 6.31. The van der Waals surface area contributed by atoms with E-state index in [9.17, 15) is 18.7 Å². The van der Waals surface area contributed by atoms with Gasteiger partial charge in [0.05, 0.1) is 17.9 Å². The summed E-state index contributed by atoms with van der Waals surface area (Å²) in [7, 11) is 0. The van der Waals surface area contributed by atoms with Crippen molar-refractivity contribution in [3.8, 4) is 0 Å². The molecule has 0 unspecified atom stereocenters. The third-order valence-corrected chi connectivity index (χ3v) is 5.19. The van der Waals surface area contributed by atoms with Crippen LogP contribution in [0.1, 0.15) is 54.2 Å². The summed E-state index contributed by atoms with van der Waals surface area (Å²) >= 11 is 0. The lowest BCUT2D eigenvalue weighted by Gasteiger charge is -2.27. The van der Waals surface area contributed by atoms with E-state index in [4.69, 9.17) is 0 Å². The molecule has 0 aliphatic heterocycles. The molecule has 0 bridgehead atoms. The van der Waals surface area contributed by atoms with Gasteiger partial charge in [-0.15, -0.1) is 0 Å². The number of hydrogen-bond donors (Lipinski definition) is 2. The number of nitrogens with zero attached hydrogens (tertiary/aromatic N) is 5. The molecule has 0 spiro atoms. The first-order valence-corrected chi connectivity index (χ1v) is 9.14. The second-order valence-corrected chi connectivity index (χ2v) is 6.97. The van der Waals surface area contributed by atoms with Crippen LogP contribution in [0.15, 0.2) is 30.9 Å². The van der Waals surface area contributed by atoms with Gasteiger partial charge in [-0.1, -0.05) is 0 Å². The van der Waals surface area contributed by atoms with Crippen molar-refractivity contribution in [2.45, 2.75) is 38.2 Å². The number of fused-ring (bicyclic) bond motifs is 1. The third kappa shape index (κ3) is 3.47. The molecule has 3 aromatic rings. The molecule has 1 saturated carbocycles. The summed E-state index contributed by atoms with van der Waals surface area (Å²) in [4.78, 5) is 16.7. The highest BCUT2D eigenvalue weighted by atomic mass is 19.3. The van der Waals surface area contributed by atoms with Crippen LogP contribution in [0, 0.1) is 5.92 Å². The quantitative estimate of drug-likeness (QED) is 0.698. The van der Waals surface area contributed by atoms with Gasteiger partial charge in [-0.25, -0.2) is 18.3 Å². The smallest absolute Gasteiger partial charge is 0.284 e. The first-order chi connectivity index (χ1) is 13.6. The summed E-state index contributed by atoms with van der Waals surface area (Å²) in [5.41, 5.74) is 0.0620. The number of carbonyl (C=O) groups is 1. The van der Waals surface area contributed by atoms with Gasteiger partial charge in [0.1, 0.15) is 5.56 Å². The number of carbonyl (C=O) groups excluding carboxylic acids is 1. The molecule has 28 heavy (non-hydrogen) atoms. The van der Waals surface area contributed by atoms with Crippen molar-refractivity contribution in [2.24, 2.45) is 5.92 Å². The van der Waals surface area contributed by atoms with Crippen LogP contribution in [-0.2, 0) is 0 Å². The minimum Gasteiger partial charge on any atom is -0.396 e. The Kier molecular flexibility index (Phi) is 5.03. The van der Waals surface area contributed by atoms with Gasteiger partial charge < -0.3 is 10.4 Å². The van der Waals surface area contributed by atoms with Gasteiger partial charge in [0.25, 0.3) is 12.3 Å². The molecule has 0 aromatic carbocycles. The molecule has 3 aromatic heterocycles. The lowest BCUT2D eigenvalue weighted by molar-refractivity contribution is 0.102.